The molecule has 4 nitrogen and oxygen atoms in total. The second kappa shape index (κ2) is 4.68. The molecule has 0 atom stereocenters. The highest BCUT2D eigenvalue weighted by atomic mass is 32.1. The van der Waals surface area contributed by atoms with Gasteiger partial charge in [-0.3, -0.25) is 4.79 Å². The monoisotopic (exact) mass is 294 g/mol. The summed E-state index contributed by atoms with van der Waals surface area (Å²) < 4.78 is 28.0. The molecule has 3 aromatic rings. The number of nitrogens with zero attached hydrogens (tertiary/aromatic N) is 2. The van der Waals surface area contributed by atoms with E-state index >= 15 is 0 Å². The Morgan fingerprint density at radius 1 is 1.35 bits per heavy atom. The van der Waals surface area contributed by atoms with Crippen molar-refractivity contribution in [2.24, 2.45) is 0 Å². The Hall–Kier alpha value is -2.28. The third-order valence-corrected chi connectivity index (χ3v) is 3.55. The molecule has 3 rings (SSSR count). The van der Waals surface area contributed by atoms with Crippen molar-refractivity contribution in [2.45, 2.75) is 6.54 Å². The van der Waals surface area contributed by atoms with E-state index in [0.29, 0.717) is 11.4 Å². The smallest absolute Gasteiger partial charge is 0.323 e. The predicted octanol–water partition coefficient (Wildman–Crippen LogP) is 3.13. The molecule has 0 aliphatic heterocycles. The zero-order valence-electron chi connectivity index (χ0n) is 10.0. The topological polar surface area (TPSA) is 55.1 Å². The Kier molecular flexibility index (Phi) is 2.98. The number of hydrogen-bond acceptors (Lipinski definition) is 3. The average molecular weight is 294 g/mol. The molecule has 0 unspecified atom stereocenters. The predicted molar refractivity (Wildman–Crippen MR) is 70.6 cm³/mol. The van der Waals surface area contributed by atoms with E-state index < -0.39 is 17.6 Å². The van der Waals surface area contributed by atoms with Gasteiger partial charge in [0.2, 0.25) is 0 Å². The fourth-order valence-electron chi connectivity index (χ4n) is 2.03. The number of aromatic nitrogens is 2. The summed E-state index contributed by atoms with van der Waals surface area (Å²) in [5.41, 5.74) is 1.20. The second-order valence-corrected chi connectivity index (χ2v) is 4.96. The highest BCUT2D eigenvalue weighted by Crippen LogP contribution is 2.27. The van der Waals surface area contributed by atoms with E-state index in [0.717, 1.165) is 12.1 Å². The molecule has 2 heterocycles. The minimum atomic E-state index is -1.08. The molecule has 0 radical (unpaired) electrons. The largest absolute Gasteiger partial charge is 0.480 e. The molecule has 1 aromatic carbocycles. The van der Waals surface area contributed by atoms with Gasteiger partial charge in [0.05, 0.1) is 11.0 Å². The van der Waals surface area contributed by atoms with Gasteiger partial charge in [-0.25, -0.2) is 13.8 Å². The maximum atomic E-state index is 13.4. The molecule has 2 aromatic heterocycles. The number of imidazole rings is 1. The molecule has 0 aliphatic carbocycles. The van der Waals surface area contributed by atoms with E-state index in [1.807, 2.05) is 5.38 Å². The summed E-state index contributed by atoms with van der Waals surface area (Å²) in [4.78, 5) is 15.2. The Balaban J connectivity index is 2.30. The first-order valence-electron chi connectivity index (χ1n) is 5.66. The number of aliphatic carboxylic acids is 1. The van der Waals surface area contributed by atoms with Crippen LogP contribution in [0.15, 0.2) is 29.0 Å². The molecule has 1 N–H and O–H groups in total. The molecule has 0 amide bonds. The minimum Gasteiger partial charge on any atom is -0.480 e. The van der Waals surface area contributed by atoms with E-state index in [9.17, 15) is 13.6 Å². The molecule has 0 bridgehead atoms. The second-order valence-electron chi connectivity index (χ2n) is 4.18. The molecule has 0 fully saturated rings. The summed E-state index contributed by atoms with van der Waals surface area (Å²) in [6.45, 7) is -0.368. The Bertz CT molecular complexity index is 796. The van der Waals surface area contributed by atoms with Gasteiger partial charge in [-0.15, -0.1) is 0 Å². The summed E-state index contributed by atoms with van der Waals surface area (Å²) in [6.07, 6.45) is 0. The van der Waals surface area contributed by atoms with Gasteiger partial charge < -0.3 is 9.67 Å². The third kappa shape index (κ3) is 2.05. The fraction of sp³-hybridized carbons (Fsp3) is 0.0769. The highest BCUT2D eigenvalue weighted by Gasteiger charge is 2.17. The lowest BCUT2D eigenvalue weighted by Gasteiger charge is -2.05. The van der Waals surface area contributed by atoms with Gasteiger partial charge in [0.1, 0.15) is 12.4 Å². The molecule has 0 saturated heterocycles. The highest BCUT2D eigenvalue weighted by molar-refractivity contribution is 7.08. The van der Waals surface area contributed by atoms with Gasteiger partial charge in [-0.2, -0.15) is 11.3 Å². The molecule has 102 valence electrons. The lowest BCUT2D eigenvalue weighted by atomic mass is 10.3. The first-order valence-corrected chi connectivity index (χ1v) is 6.60. The molecule has 0 saturated carbocycles. The van der Waals surface area contributed by atoms with Crippen LogP contribution in [0.4, 0.5) is 8.78 Å². The van der Waals surface area contributed by atoms with Gasteiger partial charge in [0.15, 0.2) is 11.6 Å². The van der Waals surface area contributed by atoms with Crippen LogP contribution in [-0.4, -0.2) is 20.6 Å². The quantitative estimate of drug-likeness (QED) is 0.807. The van der Waals surface area contributed by atoms with Gasteiger partial charge in [0.25, 0.3) is 0 Å². The number of carboxylic acid groups (broad SMARTS) is 1. The maximum Gasteiger partial charge on any atom is 0.323 e. The minimum absolute atomic E-state index is 0.228. The van der Waals surface area contributed by atoms with Crippen LogP contribution in [0.2, 0.25) is 0 Å². The fourth-order valence-corrected chi connectivity index (χ4v) is 2.66. The van der Waals surface area contributed by atoms with E-state index in [1.54, 1.807) is 11.4 Å². The van der Waals surface area contributed by atoms with E-state index in [2.05, 4.69) is 4.98 Å². The zero-order chi connectivity index (χ0) is 14.3. The van der Waals surface area contributed by atoms with E-state index in [4.69, 9.17) is 5.11 Å². The van der Waals surface area contributed by atoms with Crippen molar-refractivity contribution in [3.63, 3.8) is 0 Å². The number of benzene rings is 1. The van der Waals surface area contributed by atoms with Crippen molar-refractivity contribution in [1.82, 2.24) is 9.55 Å². The number of fused-ring (bicyclic) bond motifs is 1. The molecular formula is C13H8F2N2O2S. The summed E-state index contributed by atoms with van der Waals surface area (Å²) in [5.74, 6) is -2.73. The van der Waals surface area contributed by atoms with Crippen LogP contribution >= 0.6 is 11.3 Å². The number of carboxylic acids is 1. The van der Waals surface area contributed by atoms with Crippen LogP contribution in [0, 0.1) is 11.6 Å². The van der Waals surface area contributed by atoms with Gasteiger partial charge in [-0.05, 0) is 11.4 Å². The number of halogens is 2. The van der Waals surface area contributed by atoms with Crippen LogP contribution in [0.3, 0.4) is 0 Å². The molecule has 0 spiro atoms. The van der Waals surface area contributed by atoms with E-state index in [-0.39, 0.29) is 17.6 Å². The number of hydrogen-bond donors (Lipinski definition) is 1. The van der Waals surface area contributed by atoms with Crippen molar-refractivity contribution in [3.8, 4) is 11.4 Å². The Morgan fingerprint density at radius 2 is 2.10 bits per heavy atom. The lowest BCUT2D eigenvalue weighted by Crippen LogP contribution is -2.10. The van der Waals surface area contributed by atoms with E-state index in [1.165, 1.54) is 15.9 Å². The van der Waals surface area contributed by atoms with Crippen molar-refractivity contribution in [2.75, 3.05) is 0 Å². The van der Waals surface area contributed by atoms with Crippen molar-refractivity contribution in [1.29, 1.82) is 0 Å². The molecule has 20 heavy (non-hydrogen) atoms. The summed E-state index contributed by atoms with van der Waals surface area (Å²) in [5, 5.41) is 12.6. The summed E-state index contributed by atoms with van der Waals surface area (Å²) in [6, 6.07) is 3.71. The van der Waals surface area contributed by atoms with Gasteiger partial charge >= 0.3 is 5.97 Å². The number of thiophene rings is 1. The summed E-state index contributed by atoms with van der Waals surface area (Å²) >= 11 is 1.43. The molecule has 7 heteroatoms. The third-order valence-electron chi connectivity index (χ3n) is 2.86. The standard InChI is InChI=1S/C13H8F2N2O2S/c14-8-3-10-11(4-9(8)15)17(5-12(18)19)13(16-10)7-1-2-20-6-7/h1-4,6H,5H2,(H,18,19). The zero-order valence-corrected chi connectivity index (χ0v) is 10.8. The van der Waals surface area contributed by atoms with Crippen LogP contribution in [0.5, 0.6) is 0 Å². The van der Waals surface area contributed by atoms with Gasteiger partial charge in [-0.1, -0.05) is 0 Å². The van der Waals surface area contributed by atoms with Crippen LogP contribution < -0.4 is 0 Å². The molecular weight excluding hydrogens is 286 g/mol. The summed E-state index contributed by atoms with van der Waals surface area (Å²) in [7, 11) is 0. The first-order chi connectivity index (χ1) is 9.56. The normalized spacial score (nSPS) is 11.1. The van der Waals surface area contributed by atoms with Crippen LogP contribution in [0.1, 0.15) is 0 Å². The molecule has 0 aliphatic rings. The SMILES string of the molecule is O=C(O)Cn1c(-c2ccsc2)nc2cc(F)c(F)cc21. The first kappa shape index (κ1) is 12.7. The Morgan fingerprint density at radius 3 is 2.75 bits per heavy atom. The van der Waals surface area contributed by atoms with Crippen molar-refractivity contribution in [3.05, 3.63) is 40.6 Å². The van der Waals surface area contributed by atoms with Gasteiger partial charge in [0, 0.05) is 23.1 Å². The van der Waals surface area contributed by atoms with Crippen LogP contribution in [0.25, 0.3) is 22.4 Å². The lowest BCUT2D eigenvalue weighted by molar-refractivity contribution is -0.137. The van der Waals surface area contributed by atoms with Crippen molar-refractivity contribution < 1.29 is 18.7 Å². The van der Waals surface area contributed by atoms with Crippen LogP contribution in [-0.2, 0) is 11.3 Å². The maximum absolute atomic E-state index is 13.4. The number of carbonyl (C=O) groups is 1. The Labute approximate surface area is 115 Å². The number of rotatable bonds is 3. The van der Waals surface area contributed by atoms with Crippen molar-refractivity contribution >= 4 is 28.3 Å². The average Bonchev–Trinajstić information content (AvgIpc) is 2.99.